The standard InChI is InChI=1S/C20H25NO5S/c1-20(25,19(23)24)12-21-18(22)17-15(11-27-13-7-3-2-4-8-13)14-9-5-6-10-16(14)26-17/h5-6,9-10,13,25H,2-4,7-8,11-12H2,1H3,(H,21,22)(H,23,24). The molecule has 0 radical (unpaired) electrons. The number of nitrogens with one attached hydrogen (secondary N) is 1. The number of para-hydroxylation sites is 1. The molecule has 1 aliphatic rings. The van der Waals surface area contributed by atoms with E-state index in [-0.39, 0.29) is 5.76 Å². The van der Waals surface area contributed by atoms with Gasteiger partial charge in [0.2, 0.25) is 0 Å². The van der Waals surface area contributed by atoms with Gasteiger partial charge in [-0.1, -0.05) is 37.5 Å². The largest absolute Gasteiger partial charge is 0.479 e. The Morgan fingerprint density at radius 1 is 1.26 bits per heavy atom. The van der Waals surface area contributed by atoms with Crippen molar-refractivity contribution in [2.75, 3.05) is 6.54 Å². The molecule has 1 amide bonds. The lowest BCUT2D eigenvalue weighted by Gasteiger charge is -2.21. The fourth-order valence-corrected chi connectivity index (χ4v) is 4.62. The van der Waals surface area contributed by atoms with Crippen LogP contribution in [0.3, 0.4) is 0 Å². The highest BCUT2D eigenvalue weighted by atomic mass is 32.2. The highest BCUT2D eigenvalue weighted by molar-refractivity contribution is 7.99. The predicted molar refractivity (Wildman–Crippen MR) is 105 cm³/mol. The first-order valence-corrected chi connectivity index (χ1v) is 10.3. The molecule has 146 valence electrons. The molecule has 3 rings (SSSR count). The zero-order valence-electron chi connectivity index (χ0n) is 15.4. The average molecular weight is 391 g/mol. The number of aliphatic carboxylic acids is 1. The molecule has 1 saturated carbocycles. The van der Waals surface area contributed by atoms with E-state index in [1.165, 1.54) is 32.1 Å². The van der Waals surface area contributed by atoms with E-state index in [0.717, 1.165) is 17.9 Å². The molecule has 1 atom stereocenters. The number of fused-ring (bicyclic) bond motifs is 1. The van der Waals surface area contributed by atoms with Crippen molar-refractivity contribution in [1.29, 1.82) is 0 Å². The molecule has 2 aromatic rings. The smallest absolute Gasteiger partial charge is 0.337 e. The number of hydrogen-bond acceptors (Lipinski definition) is 5. The number of carbonyl (C=O) groups excluding carboxylic acids is 1. The van der Waals surface area contributed by atoms with Gasteiger partial charge in [-0.2, -0.15) is 11.8 Å². The number of thioether (sulfide) groups is 1. The second-order valence-corrected chi connectivity index (χ2v) is 8.53. The Balaban J connectivity index is 1.79. The summed E-state index contributed by atoms with van der Waals surface area (Å²) in [4.78, 5) is 23.7. The number of amides is 1. The maximum Gasteiger partial charge on any atom is 0.337 e. The van der Waals surface area contributed by atoms with Gasteiger partial charge in [0.1, 0.15) is 5.58 Å². The molecule has 1 aromatic carbocycles. The highest BCUT2D eigenvalue weighted by Gasteiger charge is 2.31. The summed E-state index contributed by atoms with van der Waals surface area (Å²) in [5, 5.41) is 22.8. The van der Waals surface area contributed by atoms with Gasteiger partial charge < -0.3 is 19.9 Å². The van der Waals surface area contributed by atoms with Crippen molar-refractivity contribution in [3.63, 3.8) is 0 Å². The molecule has 1 aromatic heterocycles. The Kier molecular flexibility index (Phi) is 6.11. The average Bonchev–Trinajstić information content (AvgIpc) is 3.04. The maximum absolute atomic E-state index is 12.6. The van der Waals surface area contributed by atoms with Crippen molar-refractivity contribution in [3.8, 4) is 0 Å². The first-order chi connectivity index (χ1) is 12.9. The van der Waals surface area contributed by atoms with Crippen LogP contribution in [0.5, 0.6) is 0 Å². The quantitative estimate of drug-likeness (QED) is 0.667. The summed E-state index contributed by atoms with van der Waals surface area (Å²) < 4.78 is 5.77. The SMILES string of the molecule is CC(O)(CNC(=O)c1oc2ccccc2c1CSC1CCCCC1)C(=O)O. The third kappa shape index (κ3) is 4.65. The van der Waals surface area contributed by atoms with Crippen LogP contribution in [0.15, 0.2) is 28.7 Å². The molecule has 6 nitrogen and oxygen atoms in total. The molecular formula is C20H25NO5S. The van der Waals surface area contributed by atoms with Gasteiger partial charge in [0.25, 0.3) is 5.91 Å². The number of benzene rings is 1. The van der Waals surface area contributed by atoms with E-state index in [2.05, 4.69) is 5.32 Å². The lowest BCUT2D eigenvalue weighted by molar-refractivity contribution is -0.155. The minimum Gasteiger partial charge on any atom is -0.479 e. The fraction of sp³-hybridized carbons (Fsp3) is 0.500. The number of carboxylic acid groups (broad SMARTS) is 1. The van der Waals surface area contributed by atoms with Crippen LogP contribution in [0.25, 0.3) is 11.0 Å². The van der Waals surface area contributed by atoms with Gasteiger partial charge in [-0.3, -0.25) is 4.79 Å². The zero-order chi connectivity index (χ0) is 19.4. The molecule has 0 bridgehead atoms. The normalized spacial score (nSPS) is 17.6. The topological polar surface area (TPSA) is 99.8 Å². The summed E-state index contributed by atoms with van der Waals surface area (Å²) in [5.74, 6) is -1.03. The van der Waals surface area contributed by atoms with Gasteiger partial charge in [0.15, 0.2) is 11.4 Å². The molecule has 7 heteroatoms. The Morgan fingerprint density at radius 2 is 1.96 bits per heavy atom. The molecule has 27 heavy (non-hydrogen) atoms. The molecule has 0 spiro atoms. The summed E-state index contributed by atoms with van der Waals surface area (Å²) in [6.45, 7) is 0.751. The summed E-state index contributed by atoms with van der Waals surface area (Å²) in [6, 6.07) is 7.50. The molecule has 0 aliphatic heterocycles. The van der Waals surface area contributed by atoms with Crippen LogP contribution in [-0.2, 0) is 10.5 Å². The van der Waals surface area contributed by atoms with E-state index >= 15 is 0 Å². The molecule has 0 saturated heterocycles. The van der Waals surface area contributed by atoms with Gasteiger partial charge >= 0.3 is 5.97 Å². The van der Waals surface area contributed by atoms with Crippen LogP contribution >= 0.6 is 11.8 Å². The van der Waals surface area contributed by atoms with Crippen LogP contribution in [-0.4, -0.2) is 39.5 Å². The maximum atomic E-state index is 12.6. The monoisotopic (exact) mass is 391 g/mol. The number of carboxylic acids is 1. The Bertz CT molecular complexity index is 823. The van der Waals surface area contributed by atoms with Gasteiger partial charge in [-0.05, 0) is 25.8 Å². The third-order valence-corrected chi connectivity index (χ3v) is 6.37. The fourth-order valence-electron chi connectivity index (χ4n) is 3.27. The number of carbonyl (C=O) groups is 2. The van der Waals surface area contributed by atoms with Crippen molar-refractivity contribution in [2.45, 2.75) is 55.6 Å². The number of rotatable bonds is 7. The van der Waals surface area contributed by atoms with Crippen LogP contribution in [0.2, 0.25) is 0 Å². The second-order valence-electron chi connectivity index (χ2n) is 7.24. The Morgan fingerprint density at radius 3 is 2.67 bits per heavy atom. The van der Waals surface area contributed by atoms with E-state index < -0.39 is 24.0 Å². The first-order valence-electron chi connectivity index (χ1n) is 9.24. The van der Waals surface area contributed by atoms with Gasteiger partial charge in [-0.25, -0.2) is 4.79 Å². The van der Waals surface area contributed by atoms with Crippen molar-refractivity contribution in [2.24, 2.45) is 0 Å². The van der Waals surface area contributed by atoms with E-state index in [9.17, 15) is 14.7 Å². The van der Waals surface area contributed by atoms with Crippen LogP contribution in [0, 0.1) is 0 Å². The van der Waals surface area contributed by atoms with Gasteiger partial charge in [0.05, 0.1) is 6.54 Å². The summed E-state index contributed by atoms with van der Waals surface area (Å²) in [7, 11) is 0. The van der Waals surface area contributed by atoms with Crippen molar-refractivity contribution >= 4 is 34.6 Å². The number of hydrogen-bond donors (Lipinski definition) is 3. The van der Waals surface area contributed by atoms with Crippen molar-refractivity contribution < 1.29 is 24.2 Å². The Hall–Kier alpha value is -1.99. The van der Waals surface area contributed by atoms with E-state index in [4.69, 9.17) is 9.52 Å². The van der Waals surface area contributed by atoms with Crippen LogP contribution < -0.4 is 5.32 Å². The second kappa shape index (κ2) is 8.35. The first kappa shape index (κ1) is 19.8. The molecule has 1 aliphatic carbocycles. The molecule has 1 fully saturated rings. The Labute approximate surface area is 162 Å². The minimum absolute atomic E-state index is 0.195. The molecule has 1 unspecified atom stereocenters. The van der Waals surface area contributed by atoms with Crippen molar-refractivity contribution in [3.05, 3.63) is 35.6 Å². The minimum atomic E-state index is -2.03. The summed E-state index contributed by atoms with van der Waals surface area (Å²) in [5.41, 5.74) is -0.570. The van der Waals surface area contributed by atoms with Gasteiger partial charge in [-0.15, -0.1) is 0 Å². The number of furan rings is 1. The predicted octanol–water partition coefficient (Wildman–Crippen LogP) is 3.56. The summed E-state index contributed by atoms with van der Waals surface area (Å²) >= 11 is 1.85. The lowest BCUT2D eigenvalue weighted by Crippen LogP contribution is -2.46. The third-order valence-electron chi connectivity index (χ3n) is 4.97. The van der Waals surface area contributed by atoms with E-state index in [0.29, 0.717) is 16.6 Å². The zero-order valence-corrected chi connectivity index (χ0v) is 16.2. The molecule has 1 heterocycles. The van der Waals surface area contributed by atoms with Crippen LogP contribution in [0.1, 0.15) is 55.1 Å². The molecular weight excluding hydrogens is 366 g/mol. The molecule has 3 N–H and O–H groups in total. The van der Waals surface area contributed by atoms with E-state index in [1.807, 2.05) is 36.0 Å². The van der Waals surface area contributed by atoms with Gasteiger partial charge in [0, 0.05) is 22.0 Å². The van der Waals surface area contributed by atoms with E-state index in [1.54, 1.807) is 0 Å². The van der Waals surface area contributed by atoms with Crippen molar-refractivity contribution in [1.82, 2.24) is 5.32 Å². The summed E-state index contributed by atoms with van der Waals surface area (Å²) in [6.07, 6.45) is 6.19. The van der Waals surface area contributed by atoms with Crippen LogP contribution in [0.4, 0.5) is 0 Å². The highest BCUT2D eigenvalue weighted by Crippen LogP contribution is 2.35. The number of aliphatic hydroxyl groups is 1. The lowest BCUT2D eigenvalue weighted by atomic mass is 10.0.